The van der Waals surface area contributed by atoms with Crippen LogP contribution in [0.4, 0.5) is 5.69 Å². The number of hydrogen-bond donors (Lipinski definition) is 1. The summed E-state index contributed by atoms with van der Waals surface area (Å²) in [5.41, 5.74) is 5.34. The maximum atomic E-state index is 6.50. The summed E-state index contributed by atoms with van der Waals surface area (Å²) < 4.78 is 5.77. The molecule has 0 unspecified atom stereocenters. The van der Waals surface area contributed by atoms with Crippen LogP contribution in [0, 0.1) is 5.92 Å². The van der Waals surface area contributed by atoms with Crippen LogP contribution < -0.4 is 10.1 Å². The summed E-state index contributed by atoms with van der Waals surface area (Å²) in [5, 5.41) is 5.16. The third-order valence-corrected chi connectivity index (χ3v) is 7.19. The highest BCUT2D eigenvalue weighted by Crippen LogP contribution is 2.32. The number of nitrogens with zero attached hydrogens (tertiary/aromatic N) is 2. The summed E-state index contributed by atoms with van der Waals surface area (Å²) in [6, 6.07) is 10.5. The molecule has 0 bridgehead atoms. The highest BCUT2D eigenvalue weighted by Gasteiger charge is 2.16. The average Bonchev–Trinajstić information content (AvgIpc) is 2.79. The number of ether oxygens (including phenoxy) is 1. The number of unbranched alkanes of at least 4 members (excludes halogenated alkanes) is 2. The van der Waals surface area contributed by atoms with E-state index in [2.05, 4.69) is 46.5 Å². The molecular formula is C28H36ClN3O. The van der Waals surface area contributed by atoms with E-state index in [0.29, 0.717) is 6.42 Å². The van der Waals surface area contributed by atoms with Crippen molar-refractivity contribution >= 4 is 28.2 Å². The van der Waals surface area contributed by atoms with E-state index in [-0.39, 0.29) is 0 Å². The standard InChI is InChI=1S/C28H36ClN3O/c1-3-14-30-25-13-12-21(15-24(25)29)16-26-23-18-28(33-2)22(17-27(23)32-19-31-26)11-6-4-5-8-20-9-7-10-20/h12-13,15,17-20,30H,3-11,14,16H2,1-2H3. The Morgan fingerprint density at radius 3 is 2.70 bits per heavy atom. The third-order valence-electron chi connectivity index (χ3n) is 6.87. The molecule has 1 heterocycles. The van der Waals surface area contributed by atoms with Gasteiger partial charge in [-0.1, -0.05) is 63.1 Å². The van der Waals surface area contributed by atoms with Crippen LogP contribution in [0.15, 0.2) is 36.7 Å². The Bertz CT molecular complexity index is 1060. The van der Waals surface area contributed by atoms with Crippen LogP contribution in [0.2, 0.25) is 5.02 Å². The van der Waals surface area contributed by atoms with Crippen molar-refractivity contribution in [2.75, 3.05) is 19.0 Å². The molecule has 2 aromatic carbocycles. The number of halogens is 1. The average molecular weight is 466 g/mol. The van der Waals surface area contributed by atoms with Gasteiger partial charge in [-0.3, -0.25) is 0 Å². The van der Waals surface area contributed by atoms with E-state index in [1.165, 1.54) is 50.5 Å². The molecule has 1 aromatic heterocycles. The van der Waals surface area contributed by atoms with Crippen molar-refractivity contribution in [2.45, 2.75) is 71.1 Å². The predicted octanol–water partition coefficient (Wildman–Crippen LogP) is 7.61. The van der Waals surface area contributed by atoms with Gasteiger partial charge in [-0.2, -0.15) is 0 Å². The predicted molar refractivity (Wildman–Crippen MR) is 139 cm³/mol. The fraction of sp³-hybridized carbons (Fsp3) is 0.500. The first-order chi connectivity index (χ1) is 16.2. The zero-order valence-corrected chi connectivity index (χ0v) is 20.8. The van der Waals surface area contributed by atoms with Crippen molar-refractivity contribution in [3.63, 3.8) is 0 Å². The molecule has 0 aliphatic heterocycles. The molecule has 1 saturated carbocycles. The van der Waals surface area contributed by atoms with Crippen molar-refractivity contribution < 1.29 is 4.74 Å². The molecule has 0 radical (unpaired) electrons. The second-order valence-electron chi connectivity index (χ2n) is 9.32. The SMILES string of the molecule is CCCNc1ccc(Cc2ncnc3cc(CCCCCC4CCC4)c(OC)cc23)cc1Cl. The van der Waals surface area contributed by atoms with Crippen LogP contribution in [-0.2, 0) is 12.8 Å². The van der Waals surface area contributed by atoms with E-state index < -0.39 is 0 Å². The number of aromatic nitrogens is 2. The number of rotatable bonds is 12. The summed E-state index contributed by atoms with van der Waals surface area (Å²) in [4.78, 5) is 9.17. The summed E-state index contributed by atoms with van der Waals surface area (Å²) in [6.45, 7) is 3.06. The number of aryl methyl sites for hydroxylation is 1. The van der Waals surface area contributed by atoms with Gasteiger partial charge in [0.05, 0.1) is 29.0 Å². The Labute approximate surface area is 203 Å². The summed E-state index contributed by atoms with van der Waals surface area (Å²) in [5.74, 6) is 1.95. The molecule has 3 aromatic rings. The van der Waals surface area contributed by atoms with E-state index in [1.54, 1.807) is 13.4 Å². The van der Waals surface area contributed by atoms with Crippen molar-refractivity contribution in [2.24, 2.45) is 5.92 Å². The first-order valence-electron chi connectivity index (χ1n) is 12.5. The van der Waals surface area contributed by atoms with Crippen molar-refractivity contribution in [3.8, 4) is 5.75 Å². The molecular weight excluding hydrogens is 430 g/mol. The molecule has 1 N–H and O–H groups in total. The lowest BCUT2D eigenvalue weighted by atomic mass is 9.81. The number of benzene rings is 2. The van der Waals surface area contributed by atoms with Crippen molar-refractivity contribution in [1.82, 2.24) is 9.97 Å². The van der Waals surface area contributed by atoms with Crippen LogP contribution >= 0.6 is 11.6 Å². The minimum absolute atomic E-state index is 0.705. The van der Waals surface area contributed by atoms with Gasteiger partial charge in [0.15, 0.2) is 0 Å². The van der Waals surface area contributed by atoms with Crippen molar-refractivity contribution in [3.05, 3.63) is 58.5 Å². The molecule has 0 atom stereocenters. The molecule has 33 heavy (non-hydrogen) atoms. The number of anilines is 1. The molecule has 0 saturated heterocycles. The lowest BCUT2D eigenvalue weighted by Gasteiger charge is -2.25. The van der Waals surface area contributed by atoms with Gasteiger partial charge in [-0.05, 0) is 60.6 Å². The first kappa shape index (κ1) is 23.8. The van der Waals surface area contributed by atoms with Gasteiger partial charge in [0, 0.05) is 18.4 Å². The van der Waals surface area contributed by atoms with E-state index in [4.69, 9.17) is 16.3 Å². The summed E-state index contributed by atoms with van der Waals surface area (Å²) >= 11 is 6.50. The zero-order chi connectivity index (χ0) is 23.0. The topological polar surface area (TPSA) is 47.0 Å². The van der Waals surface area contributed by atoms with E-state index in [0.717, 1.165) is 63.9 Å². The van der Waals surface area contributed by atoms with Gasteiger partial charge < -0.3 is 10.1 Å². The normalized spacial score (nSPS) is 13.8. The minimum atomic E-state index is 0.705. The maximum Gasteiger partial charge on any atom is 0.122 e. The fourth-order valence-electron chi connectivity index (χ4n) is 4.68. The number of hydrogen-bond acceptors (Lipinski definition) is 4. The van der Waals surface area contributed by atoms with Gasteiger partial charge in [-0.25, -0.2) is 9.97 Å². The highest BCUT2D eigenvalue weighted by molar-refractivity contribution is 6.33. The van der Waals surface area contributed by atoms with Gasteiger partial charge in [-0.15, -0.1) is 0 Å². The second-order valence-corrected chi connectivity index (χ2v) is 9.72. The van der Waals surface area contributed by atoms with Gasteiger partial charge in [0.1, 0.15) is 12.1 Å². The number of fused-ring (bicyclic) bond motifs is 1. The molecule has 0 amide bonds. The maximum absolute atomic E-state index is 6.50. The Hall–Kier alpha value is -2.33. The summed E-state index contributed by atoms with van der Waals surface area (Å²) in [6.07, 6.45) is 14.1. The Morgan fingerprint density at radius 2 is 1.97 bits per heavy atom. The number of nitrogens with one attached hydrogen (secondary N) is 1. The molecule has 1 aliphatic rings. The Morgan fingerprint density at radius 1 is 1.09 bits per heavy atom. The minimum Gasteiger partial charge on any atom is -0.496 e. The lowest BCUT2D eigenvalue weighted by molar-refractivity contribution is 0.286. The molecule has 5 heteroatoms. The van der Waals surface area contributed by atoms with Crippen LogP contribution in [0.3, 0.4) is 0 Å². The molecule has 4 nitrogen and oxygen atoms in total. The second kappa shape index (κ2) is 11.7. The van der Waals surface area contributed by atoms with Crippen LogP contribution in [-0.4, -0.2) is 23.6 Å². The van der Waals surface area contributed by atoms with Crippen molar-refractivity contribution in [1.29, 1.82) is 0 Å². The molecule has 1 aliphatic carbocycles. The van der Waals surface area contributed by atoms with Crippen LogP contribution in [0.1, 0.15) is 75.1 Å². The van der Waals surface area contributed by atoms with E-state index >= 15 is 0 Å². The third kappa shape index (κ3) is 6.17. The van der Waals surface area contributed by atoms with Crippen LogP contribution in [0.5, 0.6) is 5.75 Å². The molecule has 0 spiro atoms. The largest absolute Gasteiger partial charge is 0.496 e. The van der Waals surface area contributed by atoms with Gasteiger partial charge >= 0.3 is 0 Å². The molecule has 4 rings (SSSR count). The first-order valence-corrected chi connectivity index (χ1v) is 12.9. The Balaban J connectivity index is 1.46. The zero-order valence-electron chi connectivity index (χ0n) is 20.0. The highest BCUT2D eigenvalue weighted by atomic mass is 35.5. The smallest absolute Gasteiger partial charge is 0.122 e. The monoisotopic (exact) mass is 465 g/mol. The van der Waals surface area contributed by atoms with E-state index in [1.807, 2.05) is 6.07 Å². The molecule has 176 valence electrons. The number of methoxy groups -OCH3 is 1. The lowest BCUT2D eigenvalue weighted by Crippen LogP contribution is -2.10. The molecule has 1 fully saturated rings. The Kier molecular flexibility index (Phi) is 8.44. The summed E-state index contributed by atoms with van der Waals surface area (Å²) in [7, 11) is 1.76. The quantitative estimate of drug-likeness (QED) is 0.279. The van der Waals surface area contributed by atoms with Gasteiger partial charge in [0.25, 0.3) is 0 Å². The fourth-order valence-corrected chi connectivity index (χ4v) is 4.95. The van der Waals surface area contributed by atoms with E-state index in [9.17, 15) is 0 Å². The van der Waals surface area contributed by atoms with Gasteiger partial charge in [0.2, 0.25) is 0 Å². The van der Waals surface area contributed by atoms with Crippen LogP contribution in [0.25, 0.3) is 10.9 Å².